The molecule has 8 bridgehead atoms. The average Bonchev–Trinajstić information content (AvgIpc) is 2.89. The predicted molar refractivity (Wildman–Crippen MR) is 179 cm³/mol. The summed E-state index contributed by atoms with van der Waals surface area (Å²) in [4.78, 5) is 0. The lowest BCUT2D eigenvalue weighted by Crippen LogP contribution is -2.71. The van der Waals surface area contributed by atoms with Crippen molar-refractivity contribution in [2.75, 3.05) is 0 Å². The summed E-state index contributed by atoms with van der Waals surface area (Å²) in [5.41, 5.74) is 10.1. The molecule has 8 aliphatic carbocycles. The molecule has 10 rings (SSSR count). The first-order valence-electron chi connectivity index (χ1n) is 16.9. The summed E-state index contributed by atoms with van der Waals surface area (Å²) in [6.07, 6.45) is 23.0. The Labute approximate surface area is 255 Å². The molecule has 0 radical (unpaired) electrons. The molecule has 4 atom stereocenters. The van der Waals surface area contributed by atoms with Gasteiger partial charge in [0.25, 0.3) is 0 Å². The molecule has 0 saturated heterocycles. The van der Waals surface area contributed by atoms with Crippen molar-refractivity contribution in [1.82, 2.24) is 0 Å². The third-order valence-electron chi connectivity index (χ3n) is 14.1. The molecule has 0 spiro atoms. The van der Waals surface area contributed by atoms with Gasteiger partial charge in [-0.1, -0.05) is 102 Å². The second kappa shape index (κ2) is 8.02. The van der Waals surface area contributed by atoms with E-state index in [1.165, 1.54) is 93.7 Å². The van der Waals surface area contributed by atoms with E-state index in [9.17, 15) is 0 Å². The highest BCUT2D eigenvalue weighted by Crippen LogP contribution is 2.85. The van der Waals surface area contributed by atoms with Crippen LogP contribution in [0.3, 0.4) is 0 Å². The third kappa shape index (κ3) is 3.59. The minimum Gasteiger partial charge on any atom is -0.0985 e. The maximum Gasteiger partial charge on any atom is -0.00307 e. The topological polar surface area (TPSA) is 0 Å². The molecule has 0 aromatic heterocycles. The Morgan fingerprint density at radius 1 is 0.429 bits per heavy atom. The maximum absolute atomic E-state index is 4.18. The van der Waals surface area contributed by atoms with Gasteiger partial charge in [0.2, 0.25) is 0 Å². The van der Waals surface area contributed by atoms with Gasteiger partial charge < -0.3 is 0 Å². The fourth-order valence-electron chi connectivity index (χ4n) is 15.3. The molecule has 0 aliphatic heterocycles. The van der Waals surface area contributed by atoms with E-state index >= 15 is 0 Å². The van der Waals surface area contributed by atoms with Crippen LogP contribution in [-0.4, -0.2) is 0 Å². The molecule has 2 aromatic rings. The molecule has 4 unspecified atom stereocenters. The van der Waals surface area contributed by atoms with E-state index in [0.717, 1.165) is 0 Å². The highest BCUT2D eigenvalue weighted by Gasteiger charge is 2.76. The van der Waals surface area contributed by atoms with E-state index < -0.39 is 0 Å². The lowest BCUT2D eigenvalue weighted by molar-refractivity contribution is -0.275. The Bertz CT molecular complexity index is 1450. The summed E-state index contributed by atoms with van der Waals surface area (Å²) in [5, 5.41) is 0. The lowest BCUT2D eigenvalue weighted by atomic mass is 9.24. The smallest absolute Gasteiger partial charge is 0.00307 e. The standard InChI is InChI=1S/C42H52/c1-8-30-11-13-33(14-12-30)39-20-35(4)18-36(5,21-39)25-41(24-35,28-39)42-26-37(6)19-38(7,27-42)23-40(22-37,29-42)34-16-31(9-2)15-32(10-3)17-34/h8-17H,1-3,18-29H2,4-7H3. The van der Waals surface area contributed by atoms with Crippen molar-refractivity contribution in [2.45, 2.75) is 116 Å². The molecule has 42 heavy (non-hydrogen) atoms. The number of hydrogen-bond acceptors (Lipinski definition) is 0. The van der Waals surface area contributed by atoms with Gasteiger partial charge >= 0.3 is 0 Å². The minimum atomic E-state index is 0.263. The Balaban J connectivity index is 1.31. The second-order valence-corrected chi connectivity index (χ2v) is 18.6. The van der Waals surface area contributed by atoms with Crippen LogP contribution in [0.5, 0.6) is 0 Å². The highest BCUT2D eigenvalue weighted by atomic mass is 14.8. The van der Waals surface area contributed by atoms with Gasteiger partial charge in [-0.15, -0.1) is 0 Å². The van der Waals surface area contributed by atoms with E-state index in [4.69, 9.17) is 0 Å². The quantitative estimate of drug-likeness (QED) is 0.332. The van der Waals surface area contributed by atoms with Crippen LogP contribution in [0.15, 0.2) is 62.2 Å². The zero-order valence-electron chi connectivity index (χ0n) is 26.9. The van der Waals surface area contributed by atoms with E-state index in [2.05, 4.69) is 102 Å². The molecular formula is C42H52. The van der Waals surface area contributed by atoms with Crippen LogP contribution in [0.1, 0.15) is 133 Å². The summed E-state index contributed by atoms with van der Waals surface area (Å²) in [5.74, 6) is 0. The van der Waals surface area contributed by atoms with Crippen molar-refractivity contribution in [3.63, 3.8) is 0 Å². The molecule has 220 valence electrons. The monoisotopic (exact) mass is 556 g/mol. The van der Waals surface area contributed by atoms with Gasteiger partial charge in [-0.05, 0) is 154 Å². The van der Waals surface area contributed by atoms with Gasteiger partial charge in [0.1, 0.15) is 0 Å². The Morgan fingerprint density at radius 2 is 0.810 bits per heavy atom. The van der Waals surface area contributed by atoms with Crippen molar-refractivity contribution >= 4 is 18.2 Å². The molecule has 0 amide bonds. The third-order valence-corrected chi connectivity index (χ3v) is 14.1. The van der Waals surface area contributed by atoms with Crippen molar-refractivity contribution < 1.29 is 0 Å². The molecule has 8 aliphatic rings. The van der Waals surface area contributed by atoms with Gasteiger partial charge in [0.05, 0.1) is 0 Å². The highest BCUT2D eigenvalue weighted by molar-refractivity contribution is 5.59. The Hall–Kier alpha value is -2.34. The van der Waals surface area contributed by atoms with Crippen LogP contribution < -0.4 is 0 Å². The summed E-state index contributed by atoms with van der Waals surface area (Å²) in [7, 11) is 0. The summed E-state index contributed by atoms with van der Waals surface area (Å²) >= 11 is 0. The van der Waals surface area contributed by atoms with Gasteiger partial charge in [0, 0.05) is 0 Å². The average molecular weight is 557 g/mol. The molecule has 8 saturated carbocycles. The normalized spacial score (nSPS) is 47.9. The summed E-state index contributed by atoms with van der Waals surface area (Å²) < 4.78 is 0. The first-order valence-corrected chi connectivity index (χ1v) is 16.9. The molecule has 8 fully saturated rings. The predicted octanol–water partition coefficient (Wildman–Crippen LogP) is 11.6. The lowest BCUT2D eigenvalue weighted by Gasteiger charge is -2.80. The fraction of sp³-hybridized carbons (Fsp3) is 0.571. The second-order valence-electron chi connectivity index (χ2n) is 18.6. The number of hydrogen-bond donors (Lipinski definition) is 0. The first-order chi connectivity index (χ1) is 19.7. The van der Waals surface area contributed by atoms with Crippen LogP contribution in [-0.2, 0) is 10.8 Å². The summed E-state index contributed by atoms with van der Waals surface area (Å²) in [6.45, 7) is 23.2. The fourth-order valence-corrected chi connectivity index (χ4v) is 15.3. The SMILES string of the molecule is C=Cc1ccc(C23CC4(C)CC(C)(C2)CC(C25CC6(C)CC(C)(CC(c7cc(C=C)cc(C=C)c7)(C6)C2)C5)(C4)C3)cc1. The summed E-state index contributed by atoms with van der Waals surface area (Å²) in [6, 6.07) is 17.0. The van der Waals surface area contributed by atoms with Crippen molar-refractivity contribution in [2.24, 2.45) is 32.5 Å². The zero-order valence-corrected chi connectivity index (χ0v) is 26.9. The van der Waals surface area contributed by atoms with Crippen molar-refractivity contribution in [3.8, 4) is 0 Å². The van der Waals surface area contributed by atoms with E-state index in [-0.39, 0.29) is 5.41 Å². The van der Waals surface area contributed by atoms with Crippen LogP contribution in [0, 0.1) is 32.5 Å². The minimum absolute atomic E-state index is 0.263. The van der Waals surface area contributed by atoms with E-state index in [1.54, 1.807) is 11.1 Å². The van der Waals surface area contributed by atoms with Crippen LogP contribution in [0.4, 0.5) is 0 Å². The molecule has 0 N–H and O–H groups in total. The Kier molecular flexibility index (Phi) is 5.20. The molecule has 0 heterocycles. The van der Waals surface area contributed by atoms with Crippen LogP contribution in [0.2, 0.25) is 0 Å². The Morgan fingerprint density at radius 3 is 1.19 bits per heavy atom. The van der Waals surface area contributed by atoms with Gasteiger partial charge in [0.15, 0.2) is 0 Å². The van der Waals surface area contributed by atoms with Gasteiger partial charge in [-0.3, -0.25) is 0 Å². The number of benzene rings is 2. The van der Waals surface area contributed by atoms with E-state index in [0.29, 0.717) is 37.9 Å². The van der Waals surface area contributed by atoms with Gasteiger partial charge in [-0.2, -0.15) is 0 Å². The zero-order chi connectivity index (χ0) is 29.4. The molecule has 0 heteroatoms. The maximum atomic E-state index is 4.18. The first kappa shape index (κ1) is 27.2. The molecule has 0 nitrogen and oxygen atoms in total. The van der Waals surface area contributed by atoms with Crippen LogP contribution in [0.25, 0.3) is 18.2 Å². The van der Waals surface area contributed by atoms with Crippen molar-refractivity contribution in [1.29, 1.82) is 0 Å². The molecule has 2 aromatic carbocycles. The van der Waals surface area contributed by atoms with Gasteiger partial charge in [-0.25, -0.2) is 0 Å². The van der Waals surface area contributed by atoms with Crippen LogP contribution >= 0.6 is 0 Å². The largest absolute Gasteiger partial charge is 0.0985 e. The molecular weight excluding hydrogens is 504 g/mol. The van der Waals surface area contributed by atoms with E-state index in [1.807, 2.05) is 6.08 Å². The number of rotatable bonds is 6. The van der Waals surface area contributed by atoms with Crippen molar-refractivity contribution in [3.05, 3.63) is 90.0 Å².